The van der Waals surface area contributed by atoms with Crippen molar-refractivity contribution in [2.45, 2.75) is 19.4 Å². The molecule has 0 bridgehead atoms. The van der Waals surface area contributed by atoms with Gasteiger partial charge in [0, 0.05) is 17.5 Å². The molecule has 0 radical (unpaired) electrons. The molecule has 0 aliphatic carbocycles. The molecule has 0 amide bonds. The summed E-state index contributed by atoms with van der Waals surface area (Å²) in [7, 11) is 0. The number of hydrogen-bond acceptors (Lipinski definition) is 3. The van der Waals surface area contributed by atoms with Gasteiger partial charge in [0.25, 0.3) is 0 Å². The normalized spacial score (nSPS) is 12.7. The van der Waals surface area contributed by atoms with Gasteiger partial charge in [-0.15, -0.1) is 0 Å². The van der Waals surface area contributed by atoms with E-state index in [1.165, 1.54) is 0 Å². The van der Waals surface area contributed by atoms with Crippen LogP contribution in [-0.2, 0) is 6.42 Å². The fourth-order valence-corrected chi connectivity index (χ4v) is 1.65. The van der Waals surface area contributed by atoms with Gasteiger partial charge in [-0.1, -0.05) is 23.7 Å². The highest BCUT2D eigenvalue weighted by Gasteiger charge is 2.08. The Labute approximate surface area is 99.2 Å². The van der Waals surface area contributed by atoms with E-state index in [9.17, 15) is 0 Å². The summed E-state index contributed by atoms with van der Waals surface area (Å²) < 4.78 is 5.34. The van der Waals surface area contributed by atoms with Crippen molar-refractivity contribution < 1.29 is 4.42 Å². The molecule has 0 aliphatic rings. The maximum atomic E-state index is 5.90. The average molecular weight is 237 g/mol. The lowest BCUT2D eigenvalue weighted by Crippen LogP contribution is -2.05. The lowest BCUT2D eigenvalue weighted by atomic mass is 10.1. The monoisotopic (exact) mass is 236 g/mol. The third kappa shape index (κ3) is 2.62. The van der Waals surface area contributed by atoms with Crippen LogP contribution in [0.2, 0.25) is 5.02 Å². The van der Waals surface area contributed by atoms with Crippen molar-refractivity contribution in [2.75, 3.05) is 0 Å². The zero-order valence-electron chi connectivity index (χ0n) is 8.98. The Morgan fingerprint density at radius 1 is 1.50 bits per heavy atom. The Bertz CT molecular complexity index is 479. The van der Waals surface area contributed by atoms with Gasteiger partial charge in [-0.3, -0.25) is 0 Å². The van der Waals surface area contributed by atoms with Crippen molar-refractivity contribution in [2.24, 2.45) is 5.73 Å². The number of aromatic nitrogens is 1. The van der Waals surface area contributed by atoms with Crippen LogP contribution < -0.4 is 5.73 Å². The first-order chi connectivity index (χ1) is 7.65. The molecule has 0 aliphatic heterocycles. The second-order valence-electron chi connectivity index (χ2n) is 3.76. The van der Waals surface area contributed by atoms with Crippen LogP contribution in [0, 0.1) is 0 Å². The molecule has 1 aromatic carbocycles. The van der Waals surface area contributed by atoms with E-state index in [0.717, 1.165) is 16.3 Å². The van der Waals surface area contributed by atoms with Gasteiger partial charge in [0.05, 0.1) is 5.69 Å². The minimum absolute atomic E-state index is 0.100. The molecule has 0 saturated heterocycles. The first-order valence-electron chi connectivity index (χ1n) is 5.09. The van der Waals surface area contributed by atoms with Gasteiger partial charge in [0.1, 0.15) is 6.26 Å². The summed E-state index contributed by atoms with van der Waals surface area (Å²) in [6, 6.07) is 7.54. The highest BCUT2D eigenvalue weighted by atomic mass is 35.5. The third-order valence-electron chi connectivity index (χ3n) is 2.28. The molecule has 1 heterocycles. The van der Waals surface area contributed by atoms with Crippen LogP contribution in [0.15, 0.2) is 34.9 Å². The van der Waals surface area contributed by atoms with Crippen molar-refractivity contribution in [3.8, 4) is 0 Å². The molecular formula is C12H13ClN2O. The van der Waals surface area contributed by atoms with Crippen LogP contribution in [0.4, 0.5) is 0 Å². The van der Waals surface area contributed by atoms with Crippen molar-refractivity contribution in [1.29, 1.82) is 0 Å². The van der Waals surface area contributed by atoms with Crippen molar-refractivity contribution in [3.05, 3.63) is 52.7 Å². The summed E-state index contributed by atoms with van der Waals surface area (Å²) in [6.45, 7) is 1.88. The minimum Gasteiger partial charge on any atom is -0.448 e. The molecule has 3 nitrogen and oxygen atoms in total. The summed E-state index contributed by atoms with van der Waals surface area (Å²) in [4.78, 5) is 4.30. The van der Waals surface area contributed by atoms with E-state index in [-0.39, 0.29) is 6.04 Å². The van der Waals surface area contributed by atoms with E-state index < -0.39 is 0 Å². The van der Waals surface area contributed by atoms with Crippen LogP contribution >= 0.6 is 11.6 Å². The molecule has 16 heavy (non-hydrogen) atoms. The highest BCUT2D eigenvalue weighted by Crippen LogP contribution is 2.16. The number of halogens is 1. The molecular weight excluding hydrogens is 224 g/mol. The predicted octanol–water partition coefficient (Wildman–Crippen LogP) is 2.94. The summed E-state index contributed by atoms with van der Waals surface area (Å²) in [5.41, 5.74) is 7.55. The Morgan fingerprint density at radius 3 is 2.94 bits per heavy atom. The van der Waals surface area contributed by atoms with Gasteiger partial charge < -0.3 is 10.2 Å². The van der Waals surface area contributed by atoms with E-state index in [1.54, 1.807) is 6.26 Å². The SMILES string of the molecule is CC(N)c1coc(Cc2cccc(Cl)c2)n1. The number of nitrogens with zero attached hydrogens (tertiary/aromatic N) is 1. The Balaban J connectivity index is 2.14. The maximum Gasteiger partial charge on any atom is 0.198 e. The van der Waals surface area contributed by atoms with Crippen LogP contribution in [0.3, 0.4) is 0 Å². The zero-order chi connectivity index (χ0) is 11.5. The van der Waals surface area contributed by atoms with Gasteiger partial charge in [-0.05, 0) is 24.6 Å². The van der Waals surface area contributed by atoms with E-state index in [4.69, 9.17) is 21.8 Å². The number of oxazole rings is 1. The lowest BCUT2D eigenvalue weighted by molar-refractivity contribution is 0.506. The van der Waals surface area contributed by atoms with Gasteiger partial charge in [-0.25, -0.2) is 4.98 Å². The molecule has 2 rings (SSSR count). The fourth-order valence-electron chi connectivity index (χ4n) is 1.44. The van der Waals surface area contributed by atoms with Gasteiger partial charge in [-0.2, -0.15) is 0 Å². The molecule has 2 aromatic rings. The smallest absolute Gasteiger partial charge is 0.198 e. The average Bonchev–Trinajstić information content (AvgIpc) is 2.66. The maximum absolute atomic E-state index is 5.90. The molecule has 0 saturated carbocycles. The fraction of sp³-hybridized carbons (Fsp3) is 0.250. The number of rotatable bonds is 3. The van der Waals surface area contributed by atoms with Crippen LogP contribution in [0.1, 0.15) is 30.1 Å². The summed E-state index contributed by atoms with van der Waals surface area (Å²) in [6.07, 6.45) is 2.23. The minimum atomic E-state index is -0.100. The van der Waals surface area contributed by atoms with Crippen LogP contribution in [0.5, 0.6) is 0 Å². The van der Waals surface area contributed by atoms with Crippen molar-refractivity contribution in [1.82, 2.24) is 4.98 Å². The first-order valence-corrected chi connectivity index (χ1v) is 5.47. The molecule has 1 atom stereocenters. The summed E-state index contributed by atoms with van der Waals surface area (Å²) in [5, 5.41) is 0.719. The van der Waals surface area contributed by atoms with E-state index in [1.807, 2.05) is 31.2 Å². The second kappa shape index (κ2) is 4.68. The number of hydrogen-bond donors (Lipinski definition) is 1. The standard InChI is InChI=1S/C12H13ClN2O/c1-8(14)11-7-16-12(15-11)6-9-3-2-4-10(13)5-9/h2-5,7-8H,6,14H2,1H3. The van der Waals surface area contributed by atoms with Crippen LogP contribution in [0.25, 0.3) is 0 Å². The van der Waals surface area contributed by atoms with Gasteiger partial charge in [0.2, 0.25) is 0 Å². The van der Waals surface area contributed by atoms with E-state index in [0.29, 0.717) is 12.3 Å². The zero-order valence-corrected chi connectivity index (χ0v) is 9.74. The van der Waals surface area contributed by atoms with Crippen molar-refractivity contribution >= 4 is 11.6 Å². The largest absolute Gasteiger partial charge is 0.448 e. The Kier molecular flexibility index (Phi) is 3.27. The molecule has 2 N–H and O–H groups in total. The van der Waals surface area contributed by atoms with Gasteiger partial charge >= 0.3 is 0 Å². The third-order valence-corrected chi connectivity index (χ3v) is 2.52. The molecule has 4 heteroatoms. The first kappa shape index (κ1) is 11.2. The van der Waals surface area contributed by atoms with E-state index >= 15 is 0 Å². The Morgan fingerprint density at radius 2 is 2.31 bits per heavy atom. The Hall–Kier alpha value is -1.32. The molecule has 0 spiro atoms. The number of benzene rings is 1. The van der Waals surface area contributed by atoms with Gasteiger partial charge in [0.15, 0.2) is 5.89 Å². The topological polar surface area (TPSA) is 52.0 Å². The lowest BCUT2D eigenvalue weighted by Gasteiger charge is -1.98. The second-order valence-corrected chi connectivity index (χ2v) is 4.20. The molecule has 1 unspecified atom stereocenters. The molecule has 0 fully saturated rings. The van der Waals surface area contributed by atoms with E-state index in [2.05, 4.69) is 4.98 Å². The molecule has 1 aromatic heterocycles. The summed E-state index contributed by atoms with van der Waals surface area (Å²) >= 11 is 5.90. The van der Waals surface area contributed by atoms with Crippen LogP contribution in [-0.4, -0.2) is 4.98 Å². The quantitative estimate of drug-likeness (QED) is 0.892. The van der Waals surface area contributed by atoms with Crippen molar-refractivity contribution in [3.63, 3.8) is 0 Å². The summed E-state index contributed by atoms with van der Waals surface area (Å²) in [5.74, 6) is 0.662. The number of nitrogens with two attached hydrogens (primary N) is 1. The predicted molar refractivity (Wildman–Crippen MR) is 63.4 cm³/mol. The molecule has 84 valence electrons. The highest BCUT2D eigenvalue weighted by molar-refractivity contribution is 6.30.